The number of thioether (sulfide) groups is 1. The molecular formula is C44H65N9O16S. The van der Waals surface area contributed by atoms with Gasteiger partial charge in [0.15, 0.2) is 0 Å². The fourth-order valence-electron chi connectivity index (χ4n) is 7.18. The van der Waals surface area contributed by atoms with E-state index in [9.17, 15) is 72.9 Å². The zero-order valence-corrected chi connectivity index (χ0v) is 40.4. The van der Waals surface area contributed by atoms with Crippen LogP contribution in [0.1, 0.15) is 84.6 Å². The molecule has 0 radical (unpaired) electrons. The van der Waals surface area contributed by atoms with Gasteiger partial charge in [0.25, 0.3) is 5.91 Å². The van der Waals surface area contributed by atoms with E-state index in [0.717, 1.165) is 6.92 Å². The summed E-state index contributed by atoms with van der Waals surface area (Å²) in [6.07, 6.45) is -0.144. The molecule has 8 atom stereocenters. The third-order valence-corrected chi connectivity index (χ3v) is 11.7. The second-order valence-corrected chi connectivity index (χ2v) is 17.8. The van der Waals surface area contributed by atoms with E-state index in [1.54, 1.807) is 20.1 Å². The van der Waals surface area contributed by atoms with Crippen LogP contribution in [0.15, 0.2) is 24.3 Å². The van der Waals surface area contributed by atoms with E-state index in [1.807, 2.05) is 0 Å². The van der Waals surface area contributed by atoms with Gasteiger partial charge in [-0.1, -0.05) is 32.9 Å². The lowest BCUT2D eigenvalue weighted by molar-refractivity contribution is -0.144. The minimum Gasteiger partial charge on any atom is -0.508 e. The van der Waals surface area contributed by atoms with E-state index >= 15 is 0 Å². The second kappa shape index (κ2) is 29.3. The van der Waals surface area contributed by atoms with Gasteiger partial charge in [0.2, 0.25) is 53.0 Å². The molecule has 1 aromatic carbocycles. The number of ketones is 1. The number of carboxylic acids is 2. The van der Waals surface area contributed by atoms with Gasteiger partial charge in [-0.05, 0) is 74.1 Å². The maximum atomic E-state index is 14.1. The number of nitrogens with two attached hydrogens (primary N) is 1. The lowest BCUT2D eigenvalue weighted by Crippen LogP contribution is -2.60. The Morgan fingerprint density at radius 2 is 1.23 bits per heavy atom. The van der Waals surface area contributed by atoms with Crippen LogP contribution in [-0.2, 0) is 64.0 Å². The van der Waals surface area contributed by atoms with E-state index in [4.69, 9.17) is 10.8 Å². The molecule has 0 aromatic heterocycles. The first kappa shape index (κ1) is 59.3. The number of aromatic hydroxyl groups is 1. The summed E-state index contributed by atoms with van der Waals surface area (Å²) in [6.45, 7) is 4.93. The summed E-state index contributed by atoms with van der Waals surface area (Å²) < 4.78 is 0. The third kappa shape index (κ3) is 19.3. The summed E-state index contributed by atoms with van der Waals surface area (Å²) in [6, 6.07) is -5.65. The molecule has 70 heavy (non-hydrogen) atoms. The minimum absolute atomic E-state index is 0.0313. The lowest BCUT2D eigenvalue weighted by atomic mass is 10.0. The van der Waals surface area contributed by atoms with Gasteiger partial charge in [-0.15, -0.1) is 0 Å². The summed E-state index contributed by atoms with van der Waals surface area (Å²) in [4.78, 5) is 156. The first-order valence-electron chi connectivity index (χ1n) is 22.5. The Morgan fingerprint density at radius 3 is 1.73 bits per heavy atom. The van der Waals surface area contributed by atoms with Crippen molar-refractivity contribution in [2.75, 3.05) is 25.2 Å². The number of carbonyl (C=O) groups is 12. The van der Waals surface area contributed by atoms with Crippen LogP contribution >= 0.6 is 11.8 Å². The Morgan fingerprint density at radius 1 is 0.714 bits per heavy atom. The number of phenolic OH excluding ortho intramolecular Hbond substituents is 1. The van der Waals surface area contributed by atoms with Crippen LogP contribution in [-0.4, -0.2) is 170 Å². The zero-order valence-electron chi connectivity index (χ0n) is 39.6. The number of phenols is 1. The molecule has 1 aromatic rings. The maximum Gasteiger partial charge on any atom is 0.303 e. The quantitative estimate of drug-likeness (QED) is 0.0340. The van der Waals surface area contributed by atoms with Gasteiger partial charge >= 0.3 is 11.9 Å². The highest BCUT2D eigenvalue weighted by Gasteiger charge is 2.41. The fraction of sp³-hybridized carbons (Fsp3) is 0.591. The van der Waals surface area contributed by atoms with E-state index in [-0.39, 0.29) is 50.2 Å². The van der Waals surface area contributed by atoms with Crippen molar-refractivity contribution >= 4 is 82.6 Å². The van der Waals surface area contributed by atoms with Crippen LogP contribution in [0.4, 0.5) is 0 Å². The molecule has 0 bridgehead atoms. The molecule has 13 N–H and O–H groups in total. The first-order chi connectivity index (χ1) is 32.9. The molecule has 2 rings (SSSR count). The van der Waals surface area contributed by atoms with Gasteiger partial charge in [-0.2, -0.15) is 11.8 Å². The number of nitrogens with one attached hydrogen (secondary N) is 7. The number of nitrogens with zero attached hydrogens (tertiary/aromatic N) is 1. The minimum atomic E-state index is -1.57. The molecule has 3 unspecified atom stereocenters. The average Bonchev–Trinajstić information content (AvgIpc) is 3.80. The molecule has 1 aliphatic rings. The van der Waals surface area contributed by atoms with Crippen molar-refractivity contribution in [3.05, 3.63) is 29.8 Å². The molecule has 1 heterocycles. The number of amides is 9. The van der Waals surface area contributed by atoms with Crippen LogP contribution in [0.25, 0.3) is 0 Å². The smallest absolute Gasteiger partial charge is 0.303 e. The molecule has 25 nitrogen and oxygen atoms in total. The highest BCUT2D eigenvalue weighted by molar-refractivity contribution is 7.98. The van der Waals surface area contributed by atoms with Gasteiger partial charge in [-0.25, -0.2) is 0 Å². The van der Waals surface area contributed by atoms with E-state index in [2.05, 4.69) is 37.2 Å². The number of aliphatic carboxylic acids is 2. The van der Waals surface area contributed by atoms with Crippen LogP contribution in [0.5, 0.6) is 5.75 Å². The fourth-order valence-corrected chi connectivity index (χ4v) is 7.65. The number of primary amides is 1. The number of carboxylic acid groups (broad SMARTS) is 2. The van der Waals surface area contributed by atoms with Crippen molar-refractivity contribution < 1.29 is 78.0 Å². The average molecular weight is 1010 g/mol. The normalized spacial score (nSPS) is 16.2. The Hall–Kier alpha value is -6.83. The number of likely N-dealkylation sites (tertiary alicyclic amines) is 1. The SMILES string of the molecule is CC[C@H](NC(=O)C1CCCN1C(=O)[C@H](NC(=O)[C@H](CCC(=O)O)NC(=O)C(CCC(=O)O)NC(C)=O)C(C)C)C(=O)C(=O)NC(CCSC)C(=O)N[C@@H](Cc1ccc(O)cc1)C(=O)N[C@@H](CO)C(N)=O. The Kier molecular flexibility index (Phi) is 24.8. The Balaban J connectivity index is 2.28. The highest BCUT2D eigenvalue weighted by Crippen LogP contribution is 2.21. The van der Waals surface area contributed by atoms with Crippen molar-refractivity contribution in [2.45, 2.75) is 134 Å². The van der Waals surface area contributed by atoms with Gasteiger partial charge < -0.3 is 68.3 Å². The van der Waals surface area contributed by atoms with Crippen molar-refractivity contribution in [1.82, 2.24) is 42.1 Å². The first-order valence-corrected chi connectivity index (χ1v) is 23.9. The summed E-state index contributed by atoms with van der Waals surface area (Å²) >= 11 is 1.30. The molecular weight excluding hydrogens is 943 g/mol. The third-order valence-electron chi connectivity index (χ3n) is 11.0. The summed E-state index contributed by atoms with van der Waals surface area (Å²) in [5.74, 6) is -12.5. The van der Waals surface area contributed by atoms with E-state index < -0.39 is 151 Å². The highest BCUT2D eigenvalue weighted by atomic mass is 32.2. The van der Waals surface area contributed by atoms with Gasteiger partial charge in [-0.3, -0.25) is 57.5 Å². The molecule has 0 aliphatic carbocycles. The predicted molar refractivity (Wildman–Crippen MR) is 249 cm³/mol. The number of benzene rings is 1. The molecule has 1 aliphatic heterocycles. The molecule has 388 valence electrons. The van der Waals surface area contributed by atoms with Crippen LogP contribution in [0.2, 0.25) is 0 Å². The second-order valence-electron chi connectivity index (χ2n) is 16.8. The number of aliphatic hydroxyl groups is 1. The molecule has 0 spiro atoms. The number of carbonyl (C=O) groups excluding carboxylic acids is 10. The molecule has 9 amide bonds. The summed E-state index contributed by atoms with van der Waals surface area (Å²) in [7, 11) is 0. The summed E-state index contributed by atoms with van der Waals surface area (Å²) in [5.41, 5.74) is 5.72. The van der Waals surface area contributed by atoms with Gasteiger partial charge in [0.05, 0.1) is 12.6 Å². The van der Waals surface area contributed by atoms with E-state index in [0.29, 0.717) is 12.0 Å². The molecule has 0 saturated carbocycles. The van der Waals surface area contributed by atoms with Crippen LogP contribution < -0.4 is 43.0 Å². The maximum absolute atomic E-state index is 14.1. The van der Waals surface area contributed by atoms with Crippen molar-refractivity contribution in [2.24, 2.45) is 11.7 Å². The monoisotopic (exact) mass is 1010 g/mol. The van der Waals surface area contributed by atoms with E-state index in [1.165, 1.54) is 47.9 Å². The van der Waals surface area contributed by atoms with Gasteiger partial charge in [0, 0.05) is 32.7 Å². The predicted octanol–water partition coefficient (Wildman–Crippen LogP) is -3.07. The molecule has 1 saturated heterocycles. The van der Waals surface area contributed by atoms with Crippen molar-refractivity contribution in [3.8, 4) is 5.75 Å². The number of aliphatic hydroxyl groups excluding tert-OH is 1. The van der Waals surface area contributed by atoms with Crippen molar-refractivity contribution in [3.63, 3.8) is 0 Å². The van der Waals surface area contributed by atoms with Crippen LogP contribution in [0.3, 0.4) is 0 Å². The number of hydrogen-bond donors (Lipinski definition) is 12. The molecule has 26 heteroatoms. The zero-order chi connectivity index (χ0) is 52.8. The number of rotatable bonds is 30. The number of hydrogen-bond acceptors (Lipinski definition) is 15. The van der Waals surface area contributed by atoms with Crippen LogP contribution in [0, 0.1) is 5.92 Å². The molecule has 1 fully saturated rings. The standard InChI is InChI=1S/C44H65N9O16S/c1-6-26(36(61)43(68)49-29(17-19-70-5)39(64)50-30(20-24-9-11-25(56)12-10-24)41(66)51-31(21-54)37(45)62)47-42(67)32-8-7-18-53(32)44(69)35(22(2)3)52-40(65)28(14-16-34(59)60)48-38(63)27(46-23(4)55)13-15-33(57)58/h9-12,22,26-32,35,54,56H,6-8,13-21H2,1-5H3,(H2,45,62)(H,46,55)(H,47,67)(H,48,63)(H,49,68)(H,50,64)(H,51,66)(H,52,65)(H,57,58)(H,59,60)/t26-,27?,28-,29?,30-,31-,32?,35+/m0/s1. The largest absolute Gasteiger partial charge is 0.508 e. The Labute approximate surface area is 407 Å². The lowest BCUT2D eigenvalue weighted by Gasteiger charge is -2.32. The number of Topliss-reactive ketones (excluding diaryl/α,β-unsaturated/α-hetero) is 1. The van der Waals surface area contributed by atoms with Crippen molar-refractivity contribution in [1.29, 1.82) is 0 Å². The summed E-state index contributed by atoms with van der Waals surface area (Å²) in [5, 5.41) is 54.6. The Bertz CT molecular complexity index is 2070. The van der Waals surface area contributed by atoms with Gasteiger partial charge in [0.1, 0.15) is 48.0 Å². The topological polar surface area (TPSA) is 399 Å².